The molecule has 0 aliphatic carbocycles. The summed E-state index contributed by atoms with van der Waals surface area (Å²) >= 11 is 0. The van der Waals surface area contributed by atoms with Crippen LogP contribution in [0.5, 0.6) is 5.75 Å². The van der Waals surface area contributed by atoms with Gasteiger partial charge in [0.1, 0.15) is 5.75 Å². The predicted octanol–water partition coefficient (Wildman–Crippen LogP) is 2.44. The topological polar surface area (TPSA) is 49.5 Å². The molecule has 4 rings (SSSR count). The van der Waals surface area contributed by atoms with E-state index >= 15 is 0 Å². The molecule has 130 valence electrons. The lowest BCUT2D eigenvalue weighted by atomic mass is 9.90. The fourth-order valence-corrected chi connectivity index (χ4v) is 4.11. The van der Waals surface area contributed by atoms with Crippen LogP contribution in [0.2, 0.25) is 0 Å². The molecule has 0 saturated carbocycles. The summed E-state index contributed by atoms with van der Waals surface area (Å²) in [5.41, 5.74) is 3.89. The van der Waals surface area contributed by atoms with Crippen molar-refractivity contribution in [2.45, 2.75) is 31.9 Å². The summed E-state index contributed by atoms with van der Waals surface area (Å²) in [5.74, 6) is 0.913. The zero-order valence-corrected chi connectivity index (χ0v) is 14.7. The minimum absolute atomic E-state index is 0.0621. The van der Waals surface area contributed by atoms with Gasteiger partial charge in [0.2, 0.25) is 0 Å². The highest BCUT2D eigenvalue weighted by Gasteiger charge is 2.37. The van der Waals surface area contributed by atoms with Gasteiger partial charge in [0.25, 0.3) is 0 Å². The number of aromatic nitrogens is 1. The normalized spacial score (nSPS) is 21.4. The standard InChI is InChI=1S/C19H27N3O2/c1-14-16-11-15(23-2)3-4-17(16)21-18(14)12-22-9-10-24-19(13-22)5-7-20-8-6-19/h3-4,11,20-21H,5-10,12-13H2,1-2H3. The van der Waals surface area contributed by atoms with Gasteiger partial charge in [0.15, 0.2) is 0 Å². The molecular formula is C19H27N3O2. The minimum Gasteiger partial charge on any atom is -0.497 e. The molecule has 2 saturated heterocycles. The second-order valence-corrected chi connectivity index (χ2v) is 7.13. The monoisotopic (exact) mass is 329 g/mol. The van der Waals surface area contributed by atoms with E-state index in [0.29, 0.717) is 0 Å². The van der Waals surface area contributed by atoms with Crippen molar-refractivity contribution in [3.63, 3.8) is 0 Å². The predicted molar refractivity (Wildman–Crippen MR) is 95.7 cm³/mol. The van der Waals surface area contributed by atoms with Gasteiger partial charge in [-0.05, 0) is 56.6 Å². The fourth-order valence-electron chi connectivity index (χ4n) is 4.11. The van der Waals surface area contributed by atoms with Crippen LogP contribution in [0.3, 0.4) is 0 Å². The lowest BCUT2D eigenvalue weighted by Gasteiger charge is -2.45. The molecule has 0 unspecified atom stereocenters. The lowest BCUT2D eigenvalue weighted by Crippen LogP contribution is -2.55. The smallest absolute Gasteiger partial charge is 0.119 e. The number of ether oxygens (including phenoxy) is 2. The number of benzene rings is 1. The maximum Gasteiger partial charge on any atom is 0.119 e. The highest BCUT2D eigenvalue weighted by Crippen LogP contribution is 2.30. The van der Waals surface area contributed by atoms with Gasteiger partial charge in [0, 0.05) is 36.2 Å². The van der Waals surface area contributed by atoms with Crippen molar-refractivity contribution in [1.29, 1.82) is 0 Å². The maximum atomic E-state index is 6.19. The number of fused-ring (bicyclic) bond motifs is 1. The molecule has 5 heteroatoms. The lowest BCUT2D eigenvalue weighted by molar-refractivity contribution is -0.125. The van der Waals surface area contributed by atoms with Crippen molar-refractivity contribution in [3.05, 3.63) is 29.5 Å². The number of hydrogen-bond donors (Lipinski definition) is 2. The van der Waals surface area contributed by atoms with E-state index in [1.165, 1.54) is 22.2 Å². The summed E-state index contributed by atoms with van der Waals surface area (Å²) in [6.45, 7) is 8.18. The highest BCUT2D eigenvalue weighted by molar-refractivity contribution is 5.85. The SMILES string of the molecule is COc1ccc2[nH]c(CN3CCOC4(CCNCC4)C3)c(C)c2c1. The van der Waals surface area contributed by atoms with E-state index in [2.05, 4.69) is 34.3 Å². The third-order valence-electron chi connectivity index (χ3n) is 5.59. The minimum atomic E-state index is 0.0621. The van der Waals surface area contributed by atoms with Crippen LogP contribution in [0.15, 0.2) is 18.2 Å². The number of piperidine rings is 1. The number of aryl methyl sites for hydroxylation is 1. The van der Waals surface area contributed by atoms with E-state index in [9.17, 15) is 0 Å². The molecule has 2 aromatic rings. The van der Waals surface area contributed by atoms with Crippen molar-refractivity contribution >= 4 is 10.9 Å². The molecule has 1 aromatic carbocycles. The average molecular weight is 329 g/mol. The molecule has 2 aliphatic rings. The maximum absolute atomic E-state index is 6.19. The zero-order chi connectivity index (χ0) is 16.6. The Morgan fingerprint density at radius 1 is 1.29 bits per heavy atom. The Bertz CT molecular complexity index is 713. The molecular weight excluding hydrogens is 302 g/mol. The van der Waals surface area contributed by atoms with E-state index in [1.807, 2.05) is 6.07 Å². The van der Waals surface area contributed by atoms with E-state index < -0.39 is 0 Å². The molecule has 24 heavy (non-hydrogen) atoms. The molecule has 3 heterocycles. The first-order valence-electron chi connectivity index (χ1n) is 8.91. The Balaban J connectivity index is 1.54. The van der Waals surface area contributed by atoms with Crippen LogP contribution in [-0.2, 0) is 11.3 Å². The summed E-state index contributed by atoms with van der Waals surface area (Å²) in [5, 5.41) is 4.70. The molecule has 0 radical (unpaired) electrons. The van der Waals surface area contributed by atoms with Gasteiger partial charge in [-0.25, -0.2) is 0 Å². The van der Waals surface area contributed by atoms with Crippen LogP contribution in [0.25, 0.3) is 10.9 Å². The van der Waals surface area contributed by atoms with E-state index in [0.717, 1.165) is 57.9 Å². The third kappa shape index (κ3) is 2.92. The molecule has 2 N–H and O–H groups in total. The van der Waals surface area contributed by atoms with Crippen molar-refractivity contribution in [2.24, 2.45) is 0 Å². The van der Waals surface area contributed by atoms with Gasteiger partial charge in [-0.15, -0.1) is 0 Å². The second-order valence-electron chi connectivity index (χ2n) is 7.13. The number of aromatic amines is 1. The third-order valence-corrected chi connectivity index (χ3v) is 5.59. The molecule has 0 bridgehead atoms. The van der Waals surface area contributed by atoms with Gasteiger partial charge >= 0.3 is 0 Å². The van der Waals surface area contributed by atoms with E-state index in [4.69, 9.17) is 9.47 Å². The van der Waals surface area contributed by atoms with Crippen LogP contribution < -0.4 is 10.1 Å². The molecule has 0 atom stereocenters. The molecule has 1 spiro atoms. The Morgan fingerprint density at radius 3 is 2.92 bits per heavy atom. The van der Waals surface area contributed by atoms with Crippen molar-refractivity contribution in [3.8, 4) is 5.75 Å². The first kappa shape index (κ1) is 15.9. The second kappa shape index (κ2) is 6.39. The summed E-state index contributed by atoms with van der Waals surface area (Å²) in [7, 11) is 1.72. The first-order chi connectivity index (χ1) is 11.7. The fraction of sp³-hybridized carbons (Fsp3) is 0.579. The number of methoxy groups -OCH3 is 1. The molecule has 5 nitrogen and oxygen atoms in total. The molecule has 0 amide bonds. The number of H-pyrrole nitrogens is 1. The average Bonchev–Trinajstić information content (AvgIpc) is 2.91. The van der Waals surface area contributed by atoms with Gasteiger partial charge in [-0.3, -0.25) is 4.90 Å². The Morgan fingerprint density at radius 2 is 2.12 bits per heavy atom. The van der Waals surface area contributed by atoms with Crippen molar-refractivity contribution < 1.29 is 9.47 Å². The molecule has 2 fully saturated rings. The van der Waals surface area contributed by atoms with Crippen LogP contribution in [0.4, 0.5) is 0 Å². The number of nitrogens with zero attached hydrogens (tertiary/aromatic N) is 1. The van der Waals surface area contributed by atoms with Crippen LogP contribution >= 0.6 is 0 Å². The number of morpholine rings is 1. The summed E-state index contributed by atoms with van der Waals surface area (Å²) < 4.78 is 11.6. The summed E-state index contributed by atoms with van der Waals surface area (Å²) in [4.78, 5) is 6.15. The summed E-state index contributed by atoms with van der Waals surface area (Å²) in [6, 6.07) is 6.25. The number of nitrogens with one attached hydrogen (secondary N) is 2. The number of hydrogen-bond acceptors (Lipinski definition) is 4. The van der Waals surface area contributed by atoms with Crippen LogP contribution in [0, 0.1) is 6.92 Å². The van der Waals surface area contributed by atoms with Crippen molar-refractivity contribution in [2.75, 3.05) is 39.9 Å². The summed E-state index contributed by atoms with van der Waals surface area (Å²) in [6.07, 6.45) is 2.23. The van der Waals surface area contributed by atoms with Gasteiger partial charge in [0.05, 0.1) is 19.3 Å². The van der Waals surface area contributed by atoms with Crippen molar-refractivity contribution in [1.82, 2.24) is 15.2 Å². The zero-order valence-electron chi connectivity index (χ0n) is 14.7. The molecule has 1 aromatic heterocycles. The first-order valence-corrected chi connectivity index (χ1v) is 8.91. The Hall–Kier alpha value is -1.56. The molecule has 2 aliphatic heterocycles. The van der Waals surface area contributed by atoms with E-state index in [1.54, 1.807) is 7.11 Å². The van der Waals surface area contributed by atoms with Crippen LogP contribution in [0.1, 0.15) is 24.1 Å². The van der Waals surface area contributed by atoms with Gasteiger partial charge < -0.3 is 19.8 Å². The Labute approximate surface area is 143 Å². The largest absolute Gasteiger partial charge is 0.497 e. The van der Waals surface area contributed by atoms with Crippen LogP contribution in [-0.4, -0.2) is 55.4 Å². The van der Waals surface area contributed by atoms with E-state index in [-0.39, 0.29) is 5.60 Å². The van der Waals surface area contributed by atoms with Gasteiger partial charge in [-0.1, -0.05) is 0 Å². The number of rotatable bonds is 3. The quantitative estimate of drug-likeness (QED) is 0.908. The Kier molecular flexibility index (Phi) is 4.24. The van der Waals surface area contributed by atoms with Gasteiger partial charge in [-0.2, -0.15) is 0 Å². The highest BCUT2D eigenvalue weighted by atomic mass is 16.5.